The summed E-state index contributed by atoms with van der Waals surface area (Å²) in [5.74, 6) is -0.918. The van der Waals surface area contributed by atoms with Gasteiger partial charge in [0, 0.05) is 24.8 Å². The van der Waals surface area contributed by atoms with Crippen molar-refractivity contribution in [2.24, 2.45) is 0 Å². The molecule has 0 saturated carbocycles. The summed E-state index contributed by atoms with van der Waals surface area (Å²) < 4.78 is 12.8. The second kappa shape index (κ2) is 9.08. The van der Waals surface area contributed by atoms with Crippen molar-refractivity contribution < 1.29 is 19.1 Å². The fourth-order valence-electron chi connectivity index (χ4n) is 2.46. The number of ketones is 1. The van der Waals surface area contributed by atoms with E-state index in [1.54, 1.807) is 6.92 Å². The Morgan fingerprint density at radius 1 is 1.04 bits per heavy atom. The summed E-state index contributed by atoms with van der Waals surface area (Å²) in [6, 6.07) is 14.3. The number of halogens is 1. The first-order chi connectivity index (χ1) is 12.0. The number of carbonyl (C=O) groups is 2. The molecule has 4 nitrogen and oxygen atoms in total. The average molecular weight is 343 g/mol. The third kappa shape index (κ3) is 6.12. The van der Waals surface area contributed by atoms with E-state index in [1.807, 2.05) is 30.3 Å². The van der Waals surface area contributed by atoms with E-state index in [9.17, 15) is 19.1 Å². The molecule has 1 amide bonds. The lowest BCUT2D eigenvalue weighted by atomic mass is 10.0. The zero-order valence-corrected chi connectivity index (χ0v) is 14.1. The van der Waals surface area contributed by atoms with Crippen LogP contribution in [0.2, 0.25) is 0 Å². The SMILES string of the molecule is CC(NC(=O)CCC(=O)c1ccc(F)cc1)C(O)Cc1ccccc1. The molecule has 25 heavy (non-hydrogen) atoms. The molecular formula is C20H22FNO3. The van der Waals surface area contributed by atoms with Gasteiger partial charge in [-0.2, -0.15) is 0 Å². The first-order valence-corrected chi connectivity index (χ1v) is 8.26. The second-order valence-corrected chi connectivity index (χ2v) is 6.04. The highest BCUT2D eigenvalue weighted by Gasteiger charge is 2.18. The van der Waals surface area contributed by atoms with Gasteiger partial charge in [-0.15, -0.1) is 0 Å². The molecule has 0 bridgehead atoms. The van der Waals surface area contributed by atoms with Crippen LogP contribution in [0, 0.1) is 5.82 Å². The first-order valence-electron chi connectivity index (χ1n) is 8.26. The van der Waals surface area contributed by atoms with Crippen LogP contribution in [-0.4, -0.2) is 28.9 Å². The topological polar surface area (TPSA) is 66.4 Å². The van der Waals surface area contributed by atoms with Gasteiger partial charge >= 0.3 is 0 Å². The lowest BCUT2D eigenvalue weighted by Gasteiger charge is -2.20. The summed E-state index contributed by atoms with van der Waals surface area (Å²) in [4.78, 5) is 23.9. The van der Waals surface area contributed by atoms with Crippen molar-refractivity contribution in [3.05, 3.63) is 71.5 Å². The van der Waals surface area contributed by atoms with Crippen LogP contribution >= 0.6 is 0 Å². The minimum absolute atomic E-state index is 0.0264. The fraction of sp³-hybridized carbons (Fsp3) is 0.300. The lowest BCUT2D eigenvalue weighted by Crippen LogP contribution is -2.42. The van der Waals surface area contributed by atoms with E-state index >= 15 is 0 Å². The molecule has 2 aromatic carbocycles. The molecule has 2 atom stereocenters. The maximum Gasteiger partial charge on any atom is 0.220 e. The number of nitrogens with one attached hydrogen (secondary N) is 1. The molecule has 0 heterocycles. The van der Waals surface area contributed by atoms with Gasteiger partial charge in [0.25, 0.3) is 0 Å². The molecule has 0 spiro atoms. The van der Waals surface area contributed by atoms with E-state index in [0.29, 0.717) is 12.0 Å². The maximum absolute atomic E-state index is 12.8. The second-order valence-electron chi connectivity index (χ2n) is 6.04. The molecule has 0 fully saturated rings. The molecule has 5 heteroatoms. The van der Waals surface area contributed by atoms with Crippen LogP contribution in [0.1, 0.15) is 35.7 Å². The zero-order valence-electron chi connectivity index (χ0n) is 14.1. The number of rotatable bonds is 8. The summed E-state index contributed by atoms with van der Waals surface area (Å²) in [5, 5.41) is 12.9. The Kier molecular flexibility index (Phi) is 6.83. The monoisotopic (exact) mass is 343 g/mol. The molecule has 2 N–H and O–H groups in total. The number of benzene rings is 2. The fourth-order valence-corrected chi connectivity index (χ4v) is 2.46. The Hall–Kier alpha value is -2.53. The summed E-state index contributed by atoms with van der Waals surface area (Å²) in [5.41, 5.74) is 1.37. The molecule has 2 aromatic rings. The van der Waals surface area contributed by atoms with Crippen molar-refractivity contribution in [3.63, 3.8) is 0 Å². The predicted molar refractivity (Wildman–Crippen MR) is 93.7 cm³/mol. The normalized spacial score (nSPS) is 13.1. The summed E-state index contributed by atoms with van der Waals surface area (Å²) in [6.45, 7) is 1.73. The van der Waals surface area contributed by atoms with Crippen LogP contribution in [0.3, 0.4) is 0 Å². The van der Waals surface area contributed by atoms with E-state index in [2.05, 4.69) is 5.32 Å². The molecule has 2 rings (SSSR count). The van der Waals surface area contributed by atoms with Crippen molar-refractivity contribution in [2.45, 2.75) is 38.3 Å². The van der Waals surface area contributed by atoms with Gasteiger partial charge in [-0.05, 0) is 36.8 Å². The predicted octanol–water partition coefficient (Wildman–Crippen LogP) is 2.90. The van der Waals surface area contributed by atoms with E-state index in [1.165, 1.54) is 24.3 Å². The third-order valence-corrected chi connectivity index (χ3v) is 4.00. The van der Waals surface area contributed by atoms with Gasteiger partial charge in [-0.3, -0.25) is 9.59 Å². The highest BCUT2D eigenvalue weighted by atomic mass is 19.1. The largest absolute Gasteiger partial charge is 0.391 e. The van der Waals surface area contributed by atoms with Gasteiger partial charge in [0.2, 0.25) is 5.91 Å². The zero-order chi connectivity index (χ0) is 18.2. The Morgan fingerprint density at radius 3 is 2.32 bits per heavy atom. The van der Waals surface area contributed by atoms with Gasteiger partial charge in [0.15, 0.2) is 5.78 Å². The smallest absolute Gasteiger partial charge is 0.220 e. The van der Waals surface area contributed by atoms with Gasteiger partial charge in [0.1, 0.15) is 5.82 Å². The highest BCUT2D eigenvalue weighted by Crippen LogP contribution is 2.09. The lowest BCUT2D eigenvalue weighted by molar-refractivity contribution is -0.122. The summed E-state index contributed by atoms with van der Waals surface area (Å²) in [6.07, 6.45) is -0.201. The molecule has 0 aromatic heterocycles. The Labute approximate surface area is 146 Å². The Balaban J connectivity index is 1.77. The maximum atomic E-state index is 12.8. The van der Waals surface area contributed by atoms with Crippen LogP contribution in [0.15, 0.2) is 54.6 Å². The number of Topliss-reactive ketones (excluding diaryl/α,β-unsaturated/α-hetero) is 1. The molecule has 0 radical (unpaired) electrons. The quantitative estimate of drug-likeness (QED) is 0.724. The standard InChI is InChI=1S/C20H22FNO3/c1-14(19(24)13-15-5-3-2-4-6-15)22-20(25)12-11-18(23)16-7-9-17(21)10-8-16/h2-10,14,19,24H,11-13H2,1H3,(H,22,25). The van der Waals surface area contributed by atoms with Gasteiger partial charge in [-0.25, -0.2) is 4.39 Å². The first kappa shape index (κ1) is 18.8. The third-order valence-electron chi connectivity index (χ3n) is 4.00. The van der Waals surface area contributed by atoms with Gasteiger partial charge < -0.3 is 10.4 Å². The van der Waals surface area contributed by atoms with E-state index in [-0.39, 0.29) is 24.5 Å². The number of aliphatic hydroxyl groups is 1. The van der Waals surface area contributed by atoms with Crippen LogP contribution in [-0.2, 0) is 11.2 Å². The van der Waals surface area contributed by atoms with Crippen molar-refractivity contribution >= 4 is 11.7 Å². The molecule has 132 valence electrons. The molecule has 0 aliphatic carbocycles. The van der Waals surface area contributed by atoms with Gasteiger partial charge in [0.05, 0.1) is 12.1 Å². The minimum atomic E-state index is -0.709. The molecule has 2 unspecified atom stereocenters. The van der Waals surface area contributed by atoms with Crippen molar-refractivity contribution in [1.82, 2.24) is 5.32 Å². The Morgan fingerprint density at radius 2 is 1.68 bits per heavy atom. The number of hydrogen-bond acceptors (Lipinski definition) is 3. The summed E-state index contributed by atoms with van der Waals surface area (Å²) >= 11 is 0. The minimum Gasteiger partial charge on any atom is -0.391 e. The van der Waals surface area contributed by atoms with Crippen LogP contribution in [0.25, 0.3) is 0 Å². The molecule has 0 aliphatic rings. The van der Waals surface area contributed by atoms with Crippen LogP contribution in [0.4, 0.5) is 4.39 Å². The van der Waals surface area contributed by atoms with Gasteiger partial charge in [-0.1, -0.05) is 30.3 Å². The number of hydrogen-bond donors (Lipinski definition) is 2. The van der Waals surface area contributed by atoms with Crippen molar-refractivity contribution in [2.75, 3.05) is 0 Å². The molecular weight excluding hydrogens is 321 g/mol. The number of amides is 1. The van der Waals surface area contributed by atoms with Crippen molar-refractivity contribution in [1.29, 1.82) is 0 Å². The van der Waals surface area contributed by atoms with Crippen LogP contribution in [0.5, 0.6) is 0 Å². The molecule has 0 saturated heterocycles. The van der Waals surface area contributed by atoms with E-state index in [0.717, 1.165) is 5.56 Å². The Bertz CT molecular complexity index is 701. The highest BCUT2D eigenvalue weighted by molar-refractivity contribution is 5.97. The van der Waals surface area contributed by atoms with Crippen molar-refractivity contribution in [3.8, 4) is 0 Å². The number of aliphatic hydroxyl groups excluding tert-OH is 1. The van der Waals surface area contributed by atoms with Crippen LogP contribution < -0.4 is 5.32 Å². The van der Waals surface area contributed by atoms with E-state index < -0.39 is 18.0 Å². The summed E-state index contributed by atoms with van der Waals surface area (Å²) in [7, 11) is 0. The average Bonchev–Trinajstić information content (AvgIpc) is 2.61. The van der Waals surface area contributed by atoms with E-state index in [4.69, 9.17) is 0 Å². The molecule has 0 aliphatic heterocycles. The number of carbonyl (C=O) groups excluding carboxylic acids is 2.